The van der Waals surface area contributed by atoms with Crippen LogP contribution in [0.4, 0.5) is 0 Å². The minimum Gasteiger partial charge on any atom is -0.481 e. The van der Waals surface area contributed by atoms with E-state index in [-0.39, 0.29) is 38.4 Å². The summed E-state index contributed by atoms with van der Waals surface area (Å²) in [7, 11) is 0. The molecule has 0 saturated heterocycles. The summed E-state index contributed by atoms with van der Waals surface area (Å²) in [5.41, 5.74) is 0. The fourth-order valence-corrected chi connectivity index (χ4v) is 0.428. The van der Waals surface area contributed by atoms with Crippen LogP contribution in [0.15, 0.2) is 0 Å². The molecule has 0 aliphatic heterocycles. The Hall–Kier alpha value is -0.337. The summed E-state index contributed by atoms with van der Waals surface area (Å²) < 4.78 is 0. The van der Waals surface area contributed by atoms with Gasteiger partial charge >= 0.3 is 11.9 Å². The van der Waals surface area contributed by atoms with Crippen LogP contribution in [-0.2, 0) is 45.6 Å². The van der Waals surface area contributed by atoms with Gasteiger partial charge in [0.15, 0.2) is 0 Å². The zero-order chi connectivity index (χ0) is 18.6. The summed E-state index contributed by atoms with van der Waals surface area (Å²) in [4.78, 5) is 26.7. The molecule has 0 amide bonds. The van der Waals surface area contributed by atoms with E-state index in [1.54, 1.807) is 27.7 Å². The number of aliphatic carboxylic acids is 2. The third kappa shape index (κ3) is 89.7. The fourth-order valence-electron chi connectivity index (χ4n) is 0.428. The Morgan fingerprint density at radius 1 is 0.783 bits per heavy atom. The van der Waals surface area contributed by atoms with E-state index < -0.39 is 11.9 Å². The second kappa shape index (κ2) is 29.6. The monoisotopic (exact) mass is 418 g/mol. The van der Waals surface area contributed by atoms with Gasteiger partial charge in [0, 0.05) is 39.0 Å². The van der Waals surface area contributed by atoms with E-state index in [2.05, 4.69) is 9.78 Å². The van der Waals surface area contributed by atoms with Crippen LogP contribution in [0.3, 0.4) is 0 Å². The fraction of sp³-hybridized carbons (Fsp3) is 0.857. The Balaban J connectivity index is -0.0000000620. The molecule has 0 aromatic heterocycles. The normalized spacial score (nSPS) is 8.43. The molecule has 9 heteroatoms. The van der Waals surface area contributed by atoms with Crippen molar-refractivity contribution in [2.24, 2.45) is 0 Å². The first-order chi connectivity index (χ1) is 10.1. The number of hydrogen-bond acceptors (Lipinski definition) is 6. The molecule has 0 radical (unpaired) electrons. The van der Waals surface area contributed by atoms with Crippen molar-refractivity contribution < 1.29 is 66.3 Å². The number of carboxylic acids is 2. The number of carbonyl (C=O) groups is 2. The molecule has 0 heterocycles. The van der Waals surface area contributed by atoms with Gasteiger partial charge < -0.3 is 10.2 Å². The van der Waals surface area contributed by atoms with E-state index >= 15 is 0 Å². The minimum atomic E-state index is -0.711. The number of carboxylic acid groups (broad SMARTS) is 2. The van der Waals surface area contributed by atoms with E-state index in [0.717, 1.165) is 12.8 Å². The molecule has 0 rings (SSSR count). The van der Waals surface area contributed by atoms with Gasteiger partial charge in [-0.3, -0.25) is 20.1 Å². The largest absolute Gasteiger partial charge is 0.481 e. The molecular weight excluding hydrogens is 387 g/mol. The molecule has 0 aromatic carbocycles. The molecule has 23 heavy (non-hydrogen) atoms. The van der Waals surface area contributed by atoms with Crippen LogP contribution in [0.25, 0.3) is 0 Å². The summed E-state index contributed by atoms with van der Waals surface area (Å²) in [6, 6.07) is 0. The molecule has 0 unspecified atom stereocenters. The van der Waals surface area contributed by atoms with Gasteiger partial charge in [0.05, 0.1) is 12.2 Å². The van der Waals surface area contributed by atoms with Crippen LogP contribution in [-0.4, -0.2) is 44.9 Å². The van der Waals surface area contributed by atoms with E-state index in [9.17, 15) is 9.59 Å². The molecule has 140 valence electrons. The van der Waals surface area contributed by atoms with E-state index in [4.69, 9.17) is 20.7 Å². The van der Waals surface area contributed by atoms with Crippen molar-refractivity contribution in [1.29, 1.82) is 0 Å². The standard InChI is InChI=1S/2C4H8O2.2C3H8O2.Zr/c2*1-2-3-4(5)6;2*1-3(2)5-4;/h2*2-3H2,1H3,(H,5,6);2*3-4H,1-2H3;. The predicted octanol–water partition coefficient (Wildman–Crippen LogP) is 3.51. The number of hydrogen-bond donors (Lipinski definition) is 4. The second-order valence-electron chi connectivity index (χ2n) is 4.60. The predicted molar refractivity (Wildman–Crippen MR) is 82.8 cm³/mol. The molecule has 8 nitrogen and oxygen atoms in total. The summed E-state index contributed by atoms with van der Waals surface area (Å²) >= 11 is 0. The molecular formula is C14H32O8Zr. The van der Waals surface area contributed by atoms with Crippen molar-refractivity contribution in [3.8, 4) is 0 Å². The summed E-state index contributed by atoms with van der Waals surface area (Å²) in [6.45, 7) is 10.7. The van der Waals surface area contributed by atoms with Crippen molar-refractivity contribution in [3.63, 3.8) is 0 Å². The maximum Gasteiger partial charge on any atom is 0.303 e. The molecule has 0 fully saturated rings. The molecule has 0 atom stereocenters. The average Bonchev–Trinajstić information content (AvgIpc) is 2.40. The molecule has 0 aliphatic rings. The van der Waals surface area contributed by atoms with Gasteiger partial charge in [-0.15, -0.1) is 0 Å². The Morgan fingerprint density at radius 3 is 0.957 bits per heavy atom. The maximum absolute atomic E-state index is 9.60. The van der Waals surface area contributed by atoms with Crippen LogP contribution in [0.2, 0.25) is 0 Å². The first kappa shape index (κ1) is 34.1. The first-order valence-electron chi connectivity index (χ1n) is 7.12. The van der Waals surface area contributed by atoms with Crippen LogP contribution in [0.1, 0.15) is 67.2 Å². The van der Waals surface area contributed by atoms with Crippen molar-refractivity contribution in [3.05, 3.63) is 0 Å². The zero-order valence-corrected chi connectivity index (χ0v) is 17.4. The molecule has 0 aromatic rings. The van der Waals surface area contributed by atoms with E-state index in [1.807, 2.05) is 13.8 Å². The zero-order valence-electron chi connectivity index (χ0n) is 14.9. The average molecular weight is 420 g/mol. The Morgan fingerprint density at radius 2 is 0.957 bits per heavy atom. The summed E-state index contributed by atoms with van der Waals surface area (Å²) in [6.07, 6.45) is 1.93. The Labute approximate surface area is 157 Å². The van der Waals surface area contributed by atoms with Gasteiger partial charge in [-0.05, 0) is 40.5 Å². The van der Waals surface area contributed by atoms with E-state index in [0.29, 0.717) is 12.8 Å². The third-order valence-corrected chi connectivity index (χ3v) is 1.35. The minimum absolute atomic E-state index is 0. The van der Waals surface area contributed by atoms with Gasteiger partial charge in [-0.25, -0.2) is 9.78 Å². The summed E-state index contributed by atoms with van der Waals surface area (Å²) in [5, 5.41) is 31.1. The van der Waals surface area contributed by atoms with Crippen LogP contribution >= 0.6 is 0 Å². The van der Waals surface area contributed by atoms with Gasteiger partial charge in [-0.1, -0.05) is 13.8 Å². The Bertz CT molecular complexity index is 211. The third-order valence-electron chi connectivity index (χ3n) is 1.35. The maximum atomic E-state index is 9.60. The SMILES string of the molecule is CC(C)OO.CC(C)OO.CCCC(=O)O.CCCC(=O)O.[Zr]. The molecule has 0 bridgehead atoms. The quantitative estimate of drug-likeness (QED) is 0.379. The van der Waals surface area contributed by atoms with Gasteiger partial charge in [0.25, 0.3) is 0 Å². The Kier molecular flexibility index (Phi) is 43.9. The molecule has 4 N–H and O–H groups in total. The smallest absolute Gasteiger partial charge is 0.303 e. The van der Waals surface area contributed by atoms with Gasteiger partial charge in [0.1, 0.15) is 0 Å². The van der Waals surface area contributed by atoms with Gasteiger partial charge in [0.2, 0.25) is 0 Å². The van der Waals surface area contributed by atoms with Crippen molar-refractivity contribution >= 4 is 11.9 Å². The van der Waals surface area contributed by atoms with Crippen molar-refractivity contribution in [2.75, 3.05) is 0 Å². The van der Waals surface area contributed by atoms with Gasteiger partial charge in [-0.2, -0.15) is 0 Å². The molecule has 0 aliphatic carbocycles. The molecule has 0 saturated carbocycles. The van der Waals surface area contributed by atoms with Crippen molar-refractivity contribution in [1.82, 2.24) is 0 Å². The number of rotatable bonds is 6. The first-order valence-corrected chi connectivity index (χ1v) is 7.12. The van der Waals surface area contributed by atoms with Crippen LogP contribution in [0, 0.1) is 0 Å². The van der Waals surface area contributed by atoms with Crippen LogP contribution < -0.4 is 0 Å². The topological polar surface area (TPSA) is 134 Å². The summed E-state index contributed by atoms with van der Waals surface area (Å²) in [5.74, 6) is -1.42. The molecule has 0 spiro atoms. The van der Waals surface area contributed by atoms with Crippen molar-refractivity contribution in [2.45, 2.75) is 79.4 Å². The van der Waals surface area contributed by atoms with E-state index in [1.165, 1.54) is 0 Å². The second-order valence-corrected chi connectivity index (χ2v) is 4.60. The van der Waals surface area contributed by atoms with Crippen LogP contribution in [0.5, 0.6) is 0 Å².